The Morgan fingerprint density at radius 3 is 2.60 bits per heavy atom. The van der Waals surface area contributed by atoms with Crippen LogP contribution in [0, 0.1) is 0 Å². The number of primary amides is 1. The molecule has 1 aliphatic rings. The Morgan fingerprint density at radius 2 is 2.05 bits per heavy atom. The molecule has 0 bridgehead atoms. The zero-order valence-electron chi connectivity index (χ0n) is 12.3. The fourth-order valence-electron chi connectivity index (χ4n) is 2.81. The van der Waals surface area contributed by atoms with Crippen molar-refractivity contribution in [2.24, 2.45) is 5.73 Å². The van der Waals surface area contributed by atoms with E-state index in [0.717, 1.165) is 38.2 Å². The molecular formula is C15H24N4O. The summed E-state index contributed by atoms with van der Waals surface area (Å²) in [5, 5.41) is 0. The Labute approximate surface area is 120 Å². The third-order valence-electron chi connectivity index (χ3n) is 4.26. The van der Waals surface area contributed by atoms with Gasteiger partial charge < -0.3 is 21.3 Å². The van der Waals surface area contributed by atoms with Gasteiger partial charge in [-0.05, 0) is 37.6 Å². The molecule has 2 rings (SSSR count). The maximum Gasteiger partial charge on any atom is 0.250 e. The summed E-state index contributed by atoms with van der Waals surface area (Å²) in [6, 6.07) is 6.01. The molecule has 0 unspecified atom stereocenters. The first-order valence-corrected chi connectivity index (χ1v) is 7.17. The molecule has 0 spiro atoms. The molecule has 0 aliphatic carbocycles. The van der Waals surface area contributed by atoms with E-state index in [0.29, 0.717) is 17.3 Å². The molecule has 1 aromatic rings. The monoisotopic (exact) mass is 276 g/mol. The van der Waals surface area contributed by atoms with Crippen LogP contribution in [0.4, 0.5) is 11.4 Å². The topological polar surface area (TPSA) is 75.6 Å². The SMILES string of the molecule is CCN1CCC(N(C)c2ccc(N)c(C(N)=O)c2)CC1. The average Bonchev–Trinajstić information content (AvgIpc) is 2.47. The predicted molar refractivity (Wildman–Crippen MR) is 82.9 cm³/mol. The lowest BCUT2D eigenvalue weighted by Crippen LogP contribution is -2.43. The van der Waals surface area contributed by atoms with Crippen LogP contribution in [0.2, 0.25) is 0 Å². The second kappa shape index (κ2) is 6.13. The Bertz CT molecular complexity index is 481. The minimum absolute atomic E-state index is 0.403. The summed E-state index contributed by atoms with van der Waals surface area (Å²) in [6.07, 6.45) is 2.28. The van der Waals surface area contributed by atoms with Gasteiger partial charge in [-0.3, -0.25) is 4.79 Å². The highest BCUT2D eigenvalue weighted by Gasteiger charge is 2.22. The van der Waals surface area contributed by atoms with E-state index in [4.69, 9.17) is 11.5 Å². The van der Waals surface area contributed by atoms with E-state index in [1.807, 2.05) is 6.07 Å². The van der Waals surface area contributed by atoms with Gasteiger partial charge in [0.15, 0.2) is 0 Å². The molecular weight excluding hydrogens is 252 g/mol. The van der Waals surface area contributed by atoms with Gasteiger partial charge in [-0.25, -0.2) is 0 Å². The number of nitrogen functional groups attached to an aromatic ring is 1. The van der Waals surface area contributed by atoms with E-state index < -0.39 is 5.91 Å². The van der Waals surface area contributed by atoms with Crippen LogP contribution in [0.1, 0.15) is 30.1 Å². The van der Waals surface area contributed by atoms with Crippen molar-refractivity contribution in [1.82, 2.24) is 4.90 Å². The van der Waals surface area contributed by atoms with Gasteiger partial charge in [0.2, 0.25) is 0 Å². The Hall–Kier alpha value is -1.75. The van der Waals surface area contributed by atoms with Gasteiger partial charge in [0.1, 0.15) is 0 Å². The van der Waals surface area contributed by atoms with E-state index in [-0.39, 0.29) is 0 Å². The maximum atomic E-state index is 11.4. The first kappa shape index (κ1) is 14.7. The van der Waals surface area contributed by atoms with E-state index in [1.54, 1.807) is 12.1 Å². The Balaban J connectivity index is 2.11. The number of carbonyl (C=O) groups excluding carboxylic acids is 1. The Kier molecular flexibility index (Phi) is 4.49. The highest BCUT2D eigenvalue weighted by molar-refractivity contribution is 5.99. The number of carbonyl (C=O) groups is 1. The zero-order valence-corrected chi connectivity index (χ0v) is 12.3. The molecule has 1 aliphatic heterocycles. The van der Waals surface area contributed by atoms with E-state index in [1.165, 1.54) is 0 Å². The fourth-order valence-corrected chi connectivity index (χ4v) is 2.81. The van der Waals surface area contributed by atoms with Gasteiger partial charge in [0, 0.05) is 37.6 Å². The van der Waals surface area contributed by atoms with Crippen LogP contribution in [0.5, 0.6) is 0 Å². The number of nitrogens with zero attached hydrogens (tertiary/aromatic N) is 2. The van der Waals surface area contributed by atoms with Crippen molar-refractivity contribution in [3.63, 3.8) is 0 Å². The molecule has 1 heterocycles. The number of piperidine rings is 1. The molecule has 0 atom stereocenters. The molecule has 5 heteroatoms. The van der Waals surface area contributed by atoms with Crippen LogP contribution in [-0.4, -0.2) is 43.5 Å². The number of benzene rings is 1. The zero-order chi connectivity index (χ0) is 14.7. The molecule has 110 valence electrons. The van der Waals surface area contributed by atoms with Crippen molar-refractivity contribution in [3.8, 4) is 0 Å². The highest BCUT2D eigenvalue weighted by atomic mass is 16.1. The smallest absolute Gasteiger partial charge is 0.250 e. The van der Waals surface area contributed by atoms with Crippen LogP contribution in [0.15, 0.2) is 18.2 Å². The normalized spacial score (nSPS) is 17.1. The highest BCUT2D eigenvalue weighted by Crippen LogP contribution is 2.25. The quantitative estimate of drug-likeness (QED) is 0.813. The van der Waals surface area contributed by atoms with Crippen LogP contribution >= 0.6 is 0 Å². The van der Waals surface area contributed by atoms with Crippen LogP contribution in [0.3, 0.4) is 0 Å². The summed E-state index contributed by atoms with van der Waals surface area (Å²) in [4.78, 5) is 16.1. The lowest BCUT2D eigenvalue weighted by Gasteiger charge is -2.37. The minimum Gasteiger partial charge on any atom is -0.398 e. The van der Waals surface area contributed by atoms with Gasteiger partial charge >= 0.3 is 0 Å². The first-order chi connectivity index (χ1) is 9.52. The molecule has 0 radical (unpaired) electrons. The lowest BCUT2D eigenvalue weighted by molar-refractivity contribution is 0.100. The molecule has 0 saturated carbocycles. The molecule has 5 nitrogen and oxygen atoms in total. The van der Waals surface area contributed by atoms with Crippen molar-refractivity contribution in [3.05, 3.63) is 23.8 Å². The summed E-state index contributed by atoms with van der Waals surface area (Å²) in [5.74, 6) is -0.474. The molecule has 1 amide bonds. The largest absolute Gasteiger partial charge is 0.398 e. The van der Waals surface area contributed by atoms with E-state index >= 15 is 0 Å². The van der Waals surface area contributed by atoms with Gasteiger partial charge in [-0.15, -0.1) is 0 Å². The first-order valence-electron chi connectivity index (χ1n) is 7.17. The van der Waals surface area contributed by atoms with Crippen LogP contribution in [0.25, 0.3) is 0 Å². The molecule has 4 N–H and O–H groups in total. The summed E-state index contributed by atoms with van der Waals surface area (Å²) >= 11 is 0. The lowest BCUT2D eigenvalue weighted by atomic mass is 10.0. The molecule has 20 heavy (non-hydrogen) atoms. The second-order valence-electron chi connectivity index (χ2n) is 5.41. The number of hydrogen-bond acceptors (Lipinski definition) is 4. The number of hydrogen-bond donors (Lipinski definition) is 2. The average molecular weight is 276 g/mol. The van der Waals surface area contributed by atoms with Gasteiger partial charge in [0.05, 0.1) is 5.56 Å². The van der Waals surface area contributed by atoms with Crippen LogP contribution in [-0.2, 0) is 0 Å². The summed E-state index contributed by atoms with van der Waals surface area (Å²) in [7, 11) is 2.07. The van der Waals surface area contributed by atoms with Crippen molar-refractivity contribution < 1.29 is 4.79 Å². The summed E-state index contributed by atoms with van der Waals surface area (Å²) in [5.41, 5.74) is 13.0. The summed E-state index contributed by atoms with van der Waals surface area (Å²) < 4.78 is 0. The fraction of sp³-hybridized carbons (Fsp3) is 0.533. The number of nitrogens with two attached hydrogens (primary N) is 2. The third-order valence-corrected chi connectivity index (χ3v) is 4.26. The van der Waals surface area contributed by atoms with Gasteiger partial charge in [0.25, 0.3) is 5.91 Å². The number of amides is 1. The minimum atomic E-state index is -0.474. The van der Waals surface area contributed by atoms with Crippen molar-refractivity contribution >= 4 is 17.3 Å². The van der Waals surface area contributed by atoms with Gasteiger partial charge in [-0.2, -0.15) is 0 Å². The Morgan fingerprint density at radius 1 is 1.40 bits per heavy atom. The predicted octanol–water partition coefficient (Wildman–Crippen LogP) is 1.29. The number of rotatable bonds is 4. The van der Waals surface area contributed by atoms with Crippen molar-refractivity contribution in [2.75, 3.05) is 37.3 Å². The summed E-state index contributed by atoms with van der Waals surface area (Å²) in [6.45, 7) is 5.57. The standard InChI is InChI=1S/C15H24N4O/c1-3-19-8-6-11(7-9-19)18(2)12-4-5-14(16)13(10-12)15(17)20/h4-5,10-11H,3,6-9,16H2,1-2H3,(H2,17,20). The van der Waals surface area contributed by atoms with Crippen molar-refractivity contribution in [1.29, 1.82) is 0 Å². The molecule has 1 saturated heterocycles. The number of anilines is 2. The maximum absolute atomic E-state index is 11.4. The molecule has 1 fully saturated rings. The van der Waals surface area contributed by atoms with E-state index in [9.17, 15) is 4.79 Å². The van der Waals surface area contributed by atoms with Gasteiger partial charge in [-0.1, -0.05) is 6.92 Å². The third kappa shape index (κ3) is 3.04. The van der Waals surface area contributed by atoms with Crippen molar-refractivity contribution in [2.45, 2.75) is 25.8 Å². The van der Waals surface area contributed by atoms with E-state index in [2.05, 4.69) is 23.8 Å². The number of likely N-dealkylation sites (tertiary alicyclic amines) is 1. The molecule has 0 aromatic heterocycles. The van der Waals surface area contributed by atoms with Crippen LogP contribution < -0.4 is 16.4 Å². The molecule has 1 aromatic carbocycles. The second-order valence-corrected chi connectivity index (χ2v) is 5.41.